The monoisotopic (exact) mass is 281 g/mol. The number of ether oxygens (including phenoxy) is 2. The number of nitrogens with one attached hydrogen (secondary N) is 1. The largest absolute Gasteiger partial charge is 0.491 e. The molecule has 0 amide bonds. The fourth-order valence-electron chi connectivity index (χ4n) is 1.77. The van der Waals surface area contributed by atoms with Crippen molar-refractivity contribution in [2.45, 2.75) is 25.8 Å². The van der Waals surface area contributed by atoms with Crippen molar-refractivity contribution in [3.8, 4) is 5.75 Å². The summed E-state index contributed by atoms with van der Waals surface area (Å²) < 4.78 is 10.9. The molecule has 112 valence electrons. The van der Waals surface area contributed by atoms with Crippen LogP contribution in [0.15, 0.2) is 30.3 Å². The van der Waals surface area contributed by atoms with Crippen molar-refractivity contribution < 1.29 is 19.4 Å². The Balaban J connectivity index is 2.16. The minimum atomic E-state index is -0.935. The van der Waals surface area contributed by atoms with Crippen LogP contribution in [0.3, 0.4) is 0 Å². The first-order chi connectivity index (χ1) is 9.58. The van der Waals surface area contributed by atoms with Gasteiger partial charge in [-0.3, -0.25) is 4.79 Å². The molecule has 0 saturated heterocycles. The van der Waals surface area contributed by atoms with Crippen LogP contribution in [0.5, 0.6) is 5.75 Å². The van der Waals surface area contributed by atoms with E-state index >= 15 is 0 Å². The molecule has 0 fully saturated rings. The van der Waals surface area contributed by atoms with Gasteiger partial charge in [0.15, 0.2) is 0 Å². The van der Waals surface area contributed by atoms with E-state index in [2.05, 4.69) is 5.32 Å². The highest BCUT2D eigenvalue weighted by molar-refractivity contribution is 5.78. The normalized spacial score (nSPS) is 13.7. The molecule has 0 saturated carbocycles. The van der Waals surface area contributed by atoms with E-state index in [1.54, 1.807) is 6.92 Å². The molecule has 2 N–H and O–H groups in total. The lowest BCUT2D eigenvalue weighted by Gasteiger charge is -2.25. The number of hydrogen-bond acceptors (Lipinski definition) is 4. The zero-order valence-electron chi connectivity index (χ0n) is 12.1. The first-order valence-corrected chi connectivity index (χ1v) is 6.82. The minimum Gasteiger partial charge on any atom is -0.491 e. The van der Waals surface area contributed by atoms with Gasteiger partial charge < -0.3 is 19.9 Å². The molecule has 5 heteroatoms. The Bertz CT molecular complexity index is 396. The molecule has 1 rings (SSSR count). The molecule has 1 aromatic carbocycles. The quantitative estimate of drug-likeness (QED) is 0.641. The zero-order chi connectivity index (χ0) is 14.8. The lowest BCUT2D eigenvalue weighted by atomic mass is 9.99. The number of likely N-dealkylation sites (N-methyl/N-ethyl adjacent to an activating group) is 1. The average molecular weight is 281 g/mol. The summed E-state index contributed by atoms with van der Waals surface area (Å²) in [6.45, 7) is 5.44. The summed E-state index contributed by atoms with van der Waals surface area (Å²) in [7, 11) is 0. The van der Waals surface area contributed by atoms with Crippen molar-refractivity contribution >= 4 is 5.97 Å². The van der Waals surface area contributed by atoms with E-state index in [-0.39, 0.29) is 0 Å². The molecule has 0 bridgehead atoms. The van der Waals surface area contributed by atoms with Crippen LogP contribution in [-0.2, 0) is 9.53 Å². The van der Waals surface area contributed by atoms with Crippen LogP contribution in [0.2, 0.25) is 0 Å². The van der Waals surface area contributed by atoms with Gasteiger partial charge in [0.05, 0.1) is 6.61 Å². The molecule has 0 radical (unpaired) electrons. The molecule has 20 heavy (non-hydrogen) atoms. The number of carboxylic acid groups (broad SMARTS) is 1. The standard InChI is InChI=1S/C15H23NO4/c1-3-16-15(2,14(17)18)9-10-19-11-12-20-13-7-5-4-6-8-13/h4-8,16H,3,9-12H2,1-2H3,(H,17,18). The van der Waals surface area contributed by atoms with E-state index in [0.717, 1.165) is 5.75 Å². The van der Waals surface area contributed by atoms with E-state index in [0.29, 0.717) is 32.8 Å². The summed E-state index contributed by atoms with van der Waals surface area (Å²) in [5.41, 5.74) is -0.935. The van der Waals surface area contributed by atoms with Gasteiger partial charge in [-0.2, -0.15) is 0 Å². The van der Waals surface area contributed by atoms with E-state index in [4.69, 9.17) is 9.47 Å². The van der Waals surface area contributed by atoms with Crippen LogP contribution >= 0.6 is 0 Å². The van der Waals surface area contributed by atoms with Gasteiger partial charge in [-0.15, -0.1) is 0 Å². The zero-order valence-corrected chi connectivity index (χ0v) is 12.1. The van der Waals surface area contributed by atoms with Crippen molar-refractivity contribution in [2.24, 2.45) is 0 Å². The molecule has 0 aromatic heterocycles. The third-order valence-electron chi connectivity index (χ3n) is 3.02. The van der Waals surface area contributed by atoms with Crippen LogP contribution < -0.4 is 10.1 Å². The van der Waals surface area contributed by atoms with E-state index < -0.39 is 11.5 Å². The molecule has 0 aliphatic rings. The Morgan fingerprint density at radius 1 is 1.25 bits per heavy atom. The number of benzene rings is 1. The summed E-state index contributed by atoms with van der Waals surface area (Å²) >= 11 is 0. The highest BCUT2D eigenvalue weighted by atomic mass is 16.5. The summed E-state index contributed by atoms with van der Waals surface area (Å²) in [5, 5.41) is 12.1. The Labute approximate surface area is 119 Å². The second-order valence-electron chi connectivity index (χ2n) is 4.69. The second kappa shape index (κ2) is 8.55. The molecule has 1 atom stereocenters. The van der Waals surface area contributed by atoms with Crippen LogP contribution in [0.1, 0.15) is 20.3 Å². The van der Waals surface area contributed by atoms with Gasteiger partial charge in [-0.05, 0) is 32.0 Å². The highest BCUT2D eigenvalue weighted by Gasteiger charge is 2.31. The van der Waals surface area contributed by atoms with Crippen molar-refractivity contribution in [1.29, 1.82) is 0 Å². The Kier molecular flexibility index (Phi) is 7.04. The average Bonchev–Trinajstić information content (AvgIpc) is 2.44. The number of para-hydroxylation sites is 1. The molecule has 1 aromatic rings. The lowest BCUT2D eigenvalue weighted by molar-refractivity contribution is -0.145. The van der Waals surface area contributed by atoms with Gasteiger partial charge in [-0.25, -0.2) is 0 Å². The maximum absolute atomic E-state index is 11.2. The molecular formula is C15H23NO4. The maximum atomic E-state index is 11.2. The minimum absolute atomic E-state index is 0.383. The molecule has 0 heterocycles. The number of rotatable bonds is 10. The first kappa shape index (κ1) is 16.5. The van der Waals surface area contributed by atoms with E-state index in [1.807, 2.05) is 37.3 Å². The van der Waals surface area contributed by atoms with Crippen molar-refractivity contribution in [1.82, 2.24) is 5.32 Å². The summed E-state index contributed by atoms with van der Waals surface area (Å²) in [6, 6.07) is 9.51. The topological polar surface area (TPSA) is 67.8 Å². The summed E-state index contributed by atoms with van der Waals surface area (Å²) in [5.74, 6) is -0.0531. The van der Waals surface area contributed by atoms with Crippen molar-refractivity contribution in [2.75, 3.05) is 26.4 Å². The fourth-order valence-corrected chi connectivity index (χ4v) is 1.77. The van der Waals surface area contributed by atoms with Gasteiger partial charge in [0.2, 0.25) is 0 Å². The summed E-state index contributed by atoms with van der Waals surface area (Å²) in [4.78, 5) is 11.2. The molecule has 5 nitrogen and oxygen atoms in total. The van der Waals surface area contributed by atoms with Crippen LogP contribution in [-0.4, -0.2) is 43.0 Å². The highest BCUT2D eigenvalue weighted by Crippen LogP contribution is 2.10. The third kappa shape index (κ3) is 5.59. The van der Waals surface area contributed by atoms with E-state index in [1.165, 1.54) is 0 Å². The van der Waals surface area contributed by atoms with E-state index in [9.17, 15) is 9.90 Å². The number of aliphatic carboxylic acids is 1. The molecule has 0 aliphatic heterocycles. The molecule has 1 unspecified atom stereocenters. The van der Waals surface area contributed by atoms with Gasteiger partial charge in [0.1, 0.15) is 17.9 Å². The predicted molar refractivity (Wildman–Crippen MR) is 77.1 cm³/mol. The Hall–Kier alpha value is -1.59. The summed E-state index contributed by atoms with van der Waals surface area (Å²) in [6.07, 6.45) is 0.418. The molecular weight excluding hydrogens is 258 g/mol. The first-order valence-electron chi connectivity index (χ1n) is 6.82. The fraction of sp³-hybridized carbons (Fsp3) is 0.533. The Morgan fingerprint density at radius 2 is 1.95 bits per heavy atom. The van der Waals surface area contributed by atoms with Gasteiger partial charge in [0.25, 0.3) is 0 Å². The van der Waals surface area contributed by atoms with Gasteiger partial charge in [0, 0.05) is 6.61 Å². The SMILES string of the molecule is CCNC(C)(CCOCCOc1ccccc1)C(=O)O. The molecule has 0 aliphatic carbocycles. The van der Waals surface area contributed by atoms with Crippen LogP contribution in [0, 0.1) is 0 Å². The predicted octanol–water partition coefficient (Wildman–Crippen LogP) is 1.92. The third-order valence-corrected chi connectivity index (χ3v) is 3.02. The van der Waals surface area contributed by atoms with Gasteiger partial charge >= 0.3 is 5.97 Å². The van der Waals surface area contributed by atoms with Crippen LogP contribution in [0.4, 0.5) is 0 Å². The van der Waals surface area contributed by atoms with Crippen molar-refractivity contribution in [3.05, 3.63) is 30.3 Å². The Morgan fingerprint density at radius 3 is 2.55 bits per heavy atom. The van der Waals surface area contributed by atoms with Crippen molar-refractivity contribution in [3.63, 3.8) is 0 Å². The number of carboxylic acids is 1. The smallest absolute Gasteiger partial charge is 0.323 e. The second-order valence-corrected chi connectivity index (χ2v) is 4.69. The van der Waals surface area contributed by atoms with Gasteiger partial charge in [-0.1, -0.05) is 25.1 Å². The van der Waals surface area contributed by atoms with Crippen LogP contribution in [0.25, 0.3) is 0 Å². The molecule has 0 spiro atoms. The number of carbonyl (C=O) groups is 1. The lowest BCUT2D eigenvalue weighted by Crippen LogP contribution is -2.50. The number of hydrogen-bond donors (Lipinski definition) is 2. The maximum Gasteiger partial charge on any atom is 0.323 e.